The number of oxime groups is 1. The Labute approximate surface area is 112 Å². The maximum Gasteiger partial charge on any atom is 0.224 e. The number of nitrogens with one attached hydrogen (secondary N) is 1. The van der Waals surface area contributed by atoms with E-state index >= 15 is 0 Å². The maximum absolute atomic E-state index is 11.7. The van der Waals surface area contributed by atoms with E-state index in [9.17, 15) is 4.79 Å². The number of hydrogen-bond acceptors (Lipinski definition) is 4. The highest BCUT2D eigenvalue weighted by Gasteiger charge is 2.09. The van der Waals surface area contributed by atoms with Crippen LogP contribution in [0.15, 0.2) is 29.4 Å². The lowest BCUT2D eigenvalue weighted by Gasteiger charge is -2.09. The van der Waals surface area contributed by atoms with Gasteiger partial charge in [-0.25, -0.2) is 0 Å². The third kappa shape index (κ3) is 4.97. The monoisotopic (exact) mass is 265 g/mol. The Bertz CT molecular complexity index is 447. The average molecular weight is 265 g/mol. The Morgan fingerprint density at radius 3 is 2.89 bits per heavy atom. The van der Waals surface area contributed by atoms with Gasteiger partial charge in [-0.3, -0.25) is 4.79 Å². The quantitative estimate of drug-likeness (QED) is 0.229. The van der Waals surface area contributed by atoms with Crippen molar-refractivity contribution in [1.29, 1.82) is 0 Å². The molecule has 0 fully saturated rings. The molecule has 0 atom stereocenters. The molecule has 0 heterocycles. The Kier molecular flexibility index (Phi) is 6.38. The minimum atomic E-state index is -0.127. The molecule has 0 saturated carbocycles. The van der Waals surface area contributed by atoms with Crippen molar-refractivity contribution in [3.8, 4) is 0 Å². The molecule has 0 aromatic heterocycles. The summed E-state index contributed by atoms with van der Waals surface area (Å²) in [7, 11) is 0. The summed E-state index contributed by atoms with van der Waals surface area (Å²) in [6, 6.07) is 6.89. The molecule has 6 nitrogen and oxygen atoms in total. The molecule has 0 aliphatic heterocycles. The van der Waals surface area contributed by atoms with E-state index in [2.05, 4.69) is 10.5 Å². The van der Waals surface area contributed by atoms with E-state index in [-0.39, 0.29) is 11.7 Å². The molecule has 0 saturated heterocycles. The number of rotatable bonds is 7. The second-order valence-electron chi connectivity index (χ2n) is 3.88. The highest BCUT2D eigenvalue weighted by Crippen LogP contribution is 2.15. The van der Waals surface area contributed by atoms with Gasteiger partial charge in [0.05, 0.1) is 5.69 Å². The van der Waals surface area contributed by atoms with Gasteiger partial charge in [0.15, 0.2) is 5.84 Å². The topological polar surface area (TPSA) is 96.9 Å². The van der Waals surface area contributed by atoms with Crippen LogP contribution in [0.4, 0.5) is 5.69 Å². The SMILES string of the molecule is CCOCCCC(=O)Nc1ccccc1C(N)=NO. The molecule has 1 aromatic carbocycles. The number of carbonyl (C=O) groups is 1. The maximum atomic E-state index is 11.7. The van der Waals surface area contributed by atoms with Gasteiger partial charge in [0.1, 0.15) is 0 Å². The second kappa shape index (κ2) is 8.10. The lowest BCUT2D eigenvalue weighted by Crippen LogP contribution is -2.19. The number of amidine groups is 1. The first-order valence-corrected chi connectivity index (χ1v) is 6.13. The number of anilines is 1. The Morgan fingerprint density at radius 2 is 2.21 bits per heavy atom. The van der Waals surface area contributed by atoms with Crippen molar-refractivity contribution in [2.75, 3.05) is 18.5 Å². The van der Waals surface area contributed by atoms with Crippen LogP contribution in [0, 0.1) is 0 Å². The van der Waals surface area contributed by atoms with Gasteiger partial charge in [-0.1, -0.05) is 17.3 Å². The zero-order chi connectivity index (χ0) is 14.1. The van der Waals surface area contributed by atoms with Crippen LogP contribution in [0.2, 0.25) is 0 Å². The largest absolute Gasteiger partial charge is 0.409 e. The van der Waals surface area contributed by atoms with Gasteiger partial charge < -0.3 is 21.0 Å². The molecular formula is C13H19N3O3. The summed E-state index contributed by atoms with van der Waals surface area (Å²) in [5.74, 6) is -0.164. The van der Waals surface area contributed by atoms with Crippen LogP contribution in [-0.4, -0.2) is 30.2 Å². The third-order valence-electron chi connectivity index (χ3n) is 2.48. The van der Waals surface area contributed by atoms with Gasteiger partial charge in [-0.15, -0.1) is 0 Å². The minimum absolute atomic E-state index is 0.0368. The van der Waals surface area contributed by atoms with Gasteiger partial charge in [0, 0.05) is 25.2 Å². The van der Waals surface area contributed by atoms with E-state index in [1.54, 1.807) is 24.3 Å². The van der Waals surface area contributed by atoms with Crippen LogP contribution in [0.3, 0.4) is 0 Å². The lowest BCUT2D eigenvalue weighted by molar-refractivity contribution is -0.116. The average Bonchev–Trinajstić information content (AvgIpc) is 2.43. The van der Waals surface area contributed by atoms with Crippen molar-refractivity contribution in [3.05, 3.63) is 29.8 Å². The van der Waals surface area contributed by atoms with Crippen LogP contribution in [0.25, 0.3) is 0 Å². The summed E-state index contributed by atoms with van der Waals surface area (Å²) in [6.45, 7) is 3.12. The van der Waals surface area contributed by atoms with Crippen LogP contribution in [-0.2, 0) is 9.53 Å². The molecule has 1 amide bonds. The van der Waals surface area contributed by atoms with E-state index in [0.717, 1.165) is 0 Å². The smallest absolute Gasteiger partial charge is 0.224 e. The van der Waals surface area contributed by atoms with Crippen molar-refractivity contribution in [3.63, 3.8) is 0 Å². The van der Waals surface area contributed by atoms with E-state index < -0.39 is 0 Å². The van der Waals surface area contributed by atoms with E-state index in [1.165, 1.54) is 0 Å². The fourth-order valence-electron chi connectivity index (χ4n) is 1.56. The number of para-hydroxylation sites is 1. The van der Waals surface area contributed by atoms with Gasteiger partial charge in [-0.2, -0.15) is 0 Å². The molecule has 0 radical (unpaired) electrons. The van der Waals surface area contributed by atoms with Gasteiger partial charge in [0.2, 0.25) is 5.91 Å². The number of amides is 1. The Balaban J connectivity index is 2.59. The zero-order valence-corrected chi connectivity index (χ0v) is 10.9. The lowest BCUT2D eigenvalue weighted by atomic mass is 10.1. The standard InChI is InChI=1S/C13H19N3O3/c1-2-19-9-5-8-12(17)15-11-7-4-3-6-10(11)13(14)16-18/h3-4,6-7,18H,2,5,8-9H2,1H3,(H2,14,16)(H,15,17). The second-order valence-corrected chi connectivity index (χ2v) is 3.88. The highest BCUT2D eigenvalue weighted by atomic mass is 16.5. The molecule has 0 aliphatic carbocycles. The van der Waals surface area contributed by atoms with Gasteiger partial charge in [0.25, 0.3) is 0 Å². The van der Waals surface area contributed by atoms with Crippen LogP contribution in [0.1, 0.15) is 25.3 Å². The van der Waals surface area contributed by atoms with Crippen molar-refractivity contribution in [2.24, 2.45) is 10.9 Å². The summed E-state index contributed by atoms with van der Waals surface area (Å²) < 4.78 is 5.16. The fourth-order valence-corrected chi connectivity index (χ4v) is 1.56. The summed E-state index contributed by atoms with van der Waals surface area (Å²) in [6.07, 6.45) is 1.02. The van der Waals surface area contributed by atoms with Crippen LogP contribution in [0.5, 0.6) is 0 Å². The molecular weight excluding hydrogens is 246 g/mol. The molecule has 1 aromatic rings. The Hall–Kier alpha value is -2.08. The normalized spacial score (nSPS) is 11.3. The summed E-state index contributed by atoms with van der Waals surface area (Å²) in [4.78, 5) is 11.7. The number of carbonyl (C=O) groups excluding carboxylic acids is 1. The molecule has 0 spiro atoms. The van der Waals surface area contributed by atoms with Gasteiger partial charge >= 0.3 is 0 Å². The molecule has 0 bridgehead atoms. The molecule has 104 valence electrons. The van der Waals surface area contributed by atoms with Crippen molar-refractivity contribution in [2.45, 2.75) is 19.8 Å². The number of hydrogen-bond donors (Lipinski definition) is 3. The molecule has 4 N–H and O–H groups in total. The van der Waals surface area contributed by atoms with Crippen LogP contribution < -0.4 is 11.1 Å². The summed E-state index contributed by atoms with van der Waals surface area (Å²) >= 11 is 0. The van der Waals surface area contributed by atoms with Gasteiger partial charge in [-0.05, 0) is 25.5 Å². The molecule has 19 heavy (non-hydrogen) atoms. The first-order valence-electron chi connectivity index (χ1n) is 6.13. The minimum Gasteiger partial charge on any atom is -0.409 e. The highest BCUT2D eigenvalue weighted by molar-refractivity contribution is 6.05. The number of benzene rings is 1. The fraction of sp³-hybridized carbons (Fsp3) is 0.385. The number of nitrogens with two attached hydrogens (primary N) is 1. The van der Waals surface area contributed by atoms with E-state index in [1.807, 2.05) is 6.92 Å². The first kappa shape index (κ1) is 15.0. The molecule has 6 heteroatoms. The van der Waals surface area contributed by atoms with Crippen molar-refractivity contribution >= 4 is 17.4 Å². The summed E-state index contributed by atoms with van der Waals surface area (Å²) in [5, 5.41) is 14.4. The van der Waals surface area contributed by atoms with Crippen molar-refractivity contribution in [1.82, 2.24) is 0 Å². The summed E-state index contributed by atoms with van der Waals surface area (Å²) in [5.41, 5.74) is 6.56. The first-order chi connectivity index (χ1) is 9.19. The van der Waals surface area contributed by atoms with Crippen molar-refractivity contribution < 1.29 is 14.7 Å². The number of nitrogens with zero attached hydrogens (tertiary/aromatic N) is 1. The van der Waals surface area contributed by atoms with Crippen LogP contribution >= 0.6 is 0 Å². The van der Waals surface area contributed by atoms with E-state index in [0.29, 0.717) is 37.3 Å². The third-order valence-corrected chi connectivity index (χ3v) is 2.48. The molecule has 1 rings (SSSR count). The Morgan fingerprint density at radius 1 is 1.47 bits per heavy atom. The number of ether oxygens (including phenoxy) is 1. The predicted molar refractivity (Wildman–Crippen MR) is 73.3 cm³/mol. The predicted octanol–water partition coefficient (Wildman–Crippen LogP) is 1.54. The van der Waals surface area contributed by atoms with E-state index in [4.69, 9.17) is 15.7 Å². The zero-order valence-electron chi connectivity index (χ0n) is 10.9. The molecule has 0 unspecified atom stereocenters. The molecule has 0 aliphatic rings.